The van der Waals surface area contributed by atoms with Crippen molar-refractivity contribution in [3.63, 3.8) is 0 Å². The van der Waals surface area contributed by atoms with Crippen molar-refractivity contribution >= 4 is 23.9 Å². The standard InChI is InChI=1S/C6H12O4.C5H10O4.C5H10O3.C4H8O3/c1-2-6(3-7,4-8)5(9)10;1-5(2-6,3-7)4(8)9;1-5(2,3-6)4(7)8;1-3(2-5)4(6)7/h7-8H,2-4H2,1H3,(H,9,10);6-7H,2-3H2,1H3,(H,8,9);6H,3H2,1-2H3,(H,7,8);3,5H,2H2,1H3,(H,6,7). The number of hydrogen-bond donors (Lipinski definition) is 10. The van der Waals surface area contributed by atoms with Crippen LogP contribution in [0.5, 0.6) is 0 Å². The van der Waals surface area contributed by atoms with Crippen molar-refractivity contribution in [3.8, 4) is 0 Å². The smallest absolute Gasteiger partial charge is 0.314 e. The fourth-order valence-corrected chi connectivity index (χ4v) is 0.891. The first-order valence-corrected chi connectivity index (χ1v) is 9.96. The molecule has 0 aromatic carbocycles. The van der Waals surface area contributed by atoms with Gasteiger partial charge in [0.2, 0.25) is 0 Å². The first-order valence-electron chi connectivity index (χ1n) is 9.96. The summed E-state index contributed by atoms with van der Waals surface area (Å²) in [5.74, 6) is -4.89. The van der Waals surface area contributed by atoms with Crippen LogP contribution in [-0.4, -0.2) is 115 Å². The number of rotatable bonds is 11. The summed E-state index contributed by atoms with van der Waals surface area (Å²) in [4.78, 5) is 40.4. The Morgan fingerprint density at radius 2 is 1.03 bits per heavy atom. The van der Waals surface area contributed by atoms with Crippen molar-refractivity contribution in [2.24, 2.45) is 22.2 Å². The van der Waals surface area contributed by atoms with Crippen LogP contribution in [0, 0.1) is 22.2 Å². The lowest BCUT2D eigenvalue weighted by atomic mass is 9.87. The minimum absolute atomic E-state index is 0.231. The van der Waals surface area contributed by atoms with Crippen LogP contribution in [0.3, 0.4) is 0 Å². The van der Waals surface area contributed by atoms with E-state index >= 15 is 0 Å². The Kier molecular flexibility index (Phi) is 21.7. The molecule has 1 atom stereocenters. The van der Waals surface area contributed by atoms with Gasteiger partial charge in [0.25, 0.3) is 0 Å². The largest absolute Gasteiger partial charge is 0.481 e. The highest BCUT2D eigenvalue weighted by molar-refractivity contribution is 5.75. The molecular weight excluding hydrogens is 464 g/mol. The number of aliphatic hydroxyl groups excluding tert-OH is 6. The van der Waals surface area contributed by atoms with E-state index in [2.05, 4.69) is 0 Å². The molecule has 0 aliphatic carbocycles. The van der Waals surface area contributed by atoms with E-state index in [-0.39, 0.29) is 19.6 Å². The zero-order chi connectivity index (χ0) is 28.3. The quantitative estimate of drug-likeness (QED) is 0.150. The summed E-state index contributed by atoms with van der Waals surface area (Å²) < 4.78 is 0. The molecule has 0 radical (unpaired) electrons. The van der Waals surface area contributed by atoms with E-state index in [1.165, 1.54) is 27.7 Å². The van der Waals surface area contributed by atoms with E-state index in [0.717, 1.165) is 0 Å². The summed E-state index contributed by atoms with van der Waals surface area (Å²) >= 11 is 0. The summed E-state index contributed by atoms with van der Waals surface area (Å²) in [6.07, 6.45) is 0.231. The van der Waals surface area contributed by atoms with Crippen LogP contribution in [0.25, 0.3) is 0 Å². The second-order valence-corrected chi connectivity index (χ2v) is 8.21. The van der Waals surface area contributed by atoms with Crippen molar-refractivity contribution in [1.82, 2.24) is 0 Å². The van der Waals surface area contributed by atoms with Crippen LogP contribution in [0.4, 0.5) is 0 Å². The van der Waals surface area contributed by atoms with Crippen LogP contribution >= 0.6 is 0 Å². The number of hydrogen-bond acceptors (Lipinski definition) is 10. The fraction of sp³-hybridized carbons (Fsp3) is 0.800. The summed E-state index contributed by atoms with van der Waals surface area (Å²) in [5.41, 5.74) is -3.72. The Morgan fingerprint density at radius 1 is 0.647 bits per heavy atom. The first kappa shape index (κ1) is 38.9. The number of carboxylic acid groups (broad SMARTS) is 4. The van der Waals surface area contributed by atoms with Gasteiger partial charge in [0.15, 0.2) is 0 Å². The molecule has 14 nitrogen and oxygen atoms in total. The predicted octanol–water partition coefficient (Wildman–Crippen LogP) is -1.70. The Bertz CT molecular complexity index is 586. The highest BCUT2D eigenvalue weighted by Gasteiger charge is 2.35. The Morgan fingerprint density at radius 3 is 1.03 bits per heavy atom. The molecule has 0 amide bonds. The average Bonchev–Trinajstić information content (AvgIpc) is 2.80. The lowest BCUT2D eigenvalue weighted by Crippen LogP contribution is -2.37. The third-order valence-electron chi connectivity index (χ3n) is 4.62. The van der Waals surface area contributed by atoms with E-state index in [1.54, 1.807) is 6.92 Å². The van der Waals surface area contributed by atoms with Crippen molar-refractivity contribution in [3.05, 3.63) is 0 Å². The minimum Gasteiger partial charge on any atom is -0.481 e. The molecule has 0 heterocycles. The maximum absolute atomic E-state index is 10.4. The number of aliphatic hydroxyl groups is 6. The molecular formula is C20H40O14. The number of aliphatic carboxylic acids is 4. The van der Waals surface area contributed by atoms with Gasteiger partial charge < -0.3 is 51.1 Å². The summed E-state index contributed by atoms with van der Waals surface area (Å²) in [5, 5.41) is 83.7. The predicted molar refractivity (Wildman–Crippen MR) is 117 cm³/mol. The van der Waals surface area contributed by atoms with Crippen molar-refractivity contribution < 1.29 is 70.2 Å². The zero-order valence-corrected chi connectivity index (χ0v) is 20.1. The molecule has 0 saturated heterocycles. The minimum atomic E-state index is -1.39. The first-order chi connectivity index (χ1) is 15.4. The molecule has 0 bridgehead atoms. The summed E-state index contributed by atoms with van der Waals surface area (Å²) in [6.45, 7) is 4.54. The molecule has 14 heteroatoms. The van der Waals surface area contributed by atoms with Gasteiger partial charge in [-0.05, 0) is 34.1 Å². The molecule has 34 heavy (non-hydrogen) atoms. The molecule has 0 fully saturated rings. The van der Waals surface area contributed by atoms with Crippen LogP contribution < -0.4 is 0 Å². The van der Waals surface area contributed by atoms with E-state index in [1.807, 2.05) is 0 Å². The molecule has 0 saturated carbocycles. The van der Waals surface area contributed by atoms with Gasteiger partial charge >= 0.3 is 23.9 Å². The van der Waals surface area contributed by atoms with Crippen LogP contribution in [-0.2, 0) is 19.2 Å². The van der Waals surface area contributed by atoms with Crippen LogP contribution in [0.15, 0.2) is 0 Å². The summed E-state index contributed by atoms with van der Waals surface area (Å²) in [7, 11) is 0. The van der Waals surface area contributed by atoms with Gasteiger partial charge in [-0.25, -0.2) is 0 Å². The molecule has 0 aromatic rings. The van der Waals surface area contributed by atoms with E-state index in [4.69, 9.17) is 51.1 Å². The number of carbonyl (C=O) groups is 4. The Labute approximate surface area is 197 Å². The van der Waals surface area contributed by atoms with Gasteiger partial charge in [0.1, 0.15) is 10.8 Å². The third-order valence-corrected chi connectivity index (χ3v) is 4.62. The van der Waals surface area contributed by atoms with Crippen molar-refractivity contribution in [2.45, 2.75) is 41.0 Å². The second kappa shape index (κ2) is 19.0. The Balaban J connectivity index is -0.000000178. The molecule has 0 rings (SSSR count). The van der Waals surface area contributed by atoms with Gasteiger partial charge in [-0.15, -0.1) is 0 Å². The van der Waals surface area contributed by atoms with Gasteiger partial charge in [-0.1, -0.05) is 6.92 Å². The van der Waals surface area contributed by atoms with E-state index < -0.39 is 72.5 Å². The van der Waals surface area contributed by atoms with Gasteiger partial charge in [0, 0.05) is 0 Å². The normalized spacial score (nSPS) is 11.9. The SMILES string of the molecule is CC(C)(CO)C(=O)O.CC(CO)(CO)C(=O)O.CC(CO)C(=O)O.CCC(CO)(CO)C(=O)O. The molecule has 1 unspecified atom stereocenters. The monoisotopic (exact) mass is 504 g/mol. The zero-order valence-electron chi connectivity index (χ0n) is 20.1. The van der Waals surface area contributed by atoms with Crippen LogP contribution in [0.2, 0.25) is 0 Å². The fourth-order valence-electron chi connectivity index (χ4n) is 0.891. The van der Waals surface area contributed by atoms with Gasteiger partial charge in [-0.3, -0.25) is 19.2 Å². The van der Waals surface area contributed by atoms with Crippen LogP contribution in [0.1, 0.15) is 41.0 Å². The number of carboxylic acids is 4. The topological polar surface area (TPSA) is 271 Å². The van der Waals surface area contributed by atoms with E-state index in [9.17, 15) is 19.2 Å². The van der Waals surface area contributed by atoms with Gasteiger partial charge in [0.05, 0.1) is 51.0 Å². The molecule has 0 aliphatic rings. The maximum Gasteiger partial charge on any atom is 0.314 e. The average molecular weight is 505 g/mol. The highest BCUT2D eigenvalue weighted by atomic mass is 16.4. The summed E-state index contributed by atoms with van der Waals surface area (Å²) in [6, 6.07) is 0. The maximum atomic E-state index is 10.4. The molecule has 204 valence electrons. The molecule has 10 N–H and O–H groups in total. The Hall–Kier alpha value is -2.36. The third kappa shape index (κ3) is 15.5. The molecule has 0 spiro atoms. The lowest BCUT2D eigenvalue weighted by Gasteiger charge is -2.21. The van der Waals surface area contributed by atoms with Crippen molar-refractivity contribution in [1.29, 1.82) is 0 Å². The molecule has 0 aromatic heterocycles. The highest BCUT2D eigenvalue weighted by Crippen LogP contribution is 2.19. The lowest BCUT2D eigenvalue weighted by molar-refractivity contribution is -0.155. The second-order valence-electron chi connectivity index (χ2n) is 8.21. The van der Waals surface area contributed by atoms with E-state index in [0.29, 0.717) is 0 Å². The van der Waals surface area contributed by atoms with Crippen molar-refractivity contribution in [2.75, 3.05) is 39.6 Å². The molecule has 0 aliphatic heterocycles. The van der Waals surface area contributed by atoms with Gasteiger partial charge in [-0.2, -0.15) is 0 Å².